The first-order chi connectivity index (χ1) is 8.25. The second-order valence-electron chi connectivity index (χ2n) is 3.59. The third kappa shape index (κ3) is 3.30. The molecule has 0 bridgehead atoms. The molecule has 1 aliphatic rings. The average molecular weight is 235 g/mol. The molecule has 0 aliphatic carbocycles. The third-order valence-corrected chi connectivity index (χ3v) is 2.27. The van der Waals surface area contributed by atoms with Crippen LogP contribution in [0.3, 0.4) is 0 Å². The predicted octanol–water partition coefficient (Wildman–Crippen LogP) is 2.01. The van der Waals surface area contributed by atoms with Crippen molar-refractivity contribution in [2.75, 3.05) is 6.61 Å². The van der Waals surface area contributed by atoms with Crippen LogP contribution in [0.1, 0.15) is 5.56 Å². The minimum atomic E-state index is -1.13. The van der Waals surface area contributed by atoms with Crippen molar-refractivity contribution < 1.29 is 19.5 Å². The Bertz CT molecular complexity index is 404. The summed E-state index contributed by atoms with van der Waals surface area (Å²) in [5, 5.41) is 9.42. The molecule has 1 amide bonds. The van der Waals surface area contributed by atoms with Crippen molar-refractivity contribution >= 4 is 6.09 Å². The maximum atomic E-state index is 10.6. The van der Waals surface area contributed by atoms with Crippen LogP contribution in [0.25, 0.3) is 0 Å². The molecular formula is C12H13NO4. The first kappa shape index (κ1) is 11.6. The zero-order valence-corrected chi connectivity index (χ0v) is 9.15. The Morgan fingerprint density at radius 2 is 2.18 bits per heavy atom. The van der Waals surface area contributed by atoms with E-state index in [4.69, 9.17) is 14.7 Å². The summed E-state index contributed by atoms with van der Waals surface area (Å²) in [5.74, 6) is 0. The van der Waals surface area contributed by atoms with Crippen molar-refractivity contribution in [2.24, 2.45) is 0 Å². The van der Waals surface area contributed by atoms with Gasteiger partial charge in [-0.1, -0.05) is 30.3 Å². The number of hydroxylamine groups is 2. The molecule has 0 radical (unpaired) electrons. The Balaban J connectivity index is 1.71. The van der Waals surface area contributed by atoms with Crippen LogP contribution in [0.2, 0.25) is 0 Å². The minimum absolute atomic E-state index is 0.329. The highest BCUT2D eigenvalue weighted by Crippen LogP contribution is 2.11. The number of benzene rings is 1. The van der Waals surface area contributed by atoms with E-state index >= 15 is 0 Å². The summed E-state index contributed by atoms with van der Waals surface area (Å²) in [5.41, 5.74) is 1.07. The highest BCUT2D eigenvalue weighted by Gasteiger charge is 2.21. The Morgan fingerprint density at radius 1 is 1.41 bits per heavy atom. The molecule has 2 rings (SSSR count). The van der Waals surface area contributed by atoms with Gasteiger partial charge in [-0.2, -0.15) is 5.06 Å². The highest BCUT2D eigenvalue weighted by atomic mass is 16.7. The quantitative estimate of drug-likeness (QED) is 0.867. The number of carboxylic acid groups (broad SMARTS) is 1. The minimum Gasteiger partial charge on any atom is -0.463 e. The van der Waals surface area contributed by atoms with E-state index in [1.807, 2.05) is 30.3 Å². The van der Waals surface area contributed by atoms with E-state index in [-0.39, 0.29) is 6.10 Å². The van der Waals surface area contributed by atoms with Gasteiger partial charge in [0.05, 0.1) is 13.2 Å². The van der Waals surface area contributed by atoms with Gasteiger partial charge >= 0.3 is 6.09 Å². The van der Waals surface area contributed by atoms with Crippen LogP contribution < -0.4 is 0 Å². The molecule has 1 aromatic carbocycles. The average Bonchev–Trinajstić information content (AvgIpc) is 2.79. The molecule has 5 heteroatoms. The van der Waals surface area contributed by atoms with Crippen LogP contribution in [0.4, 0.5) is 4.79 Å². The van der Waals surface area contributed by atoms with Gasteiger partial charge in [0, 0.05) is 6.20 Å². The molecular weight excluding hydrogens is 222 g/mol. The van der Waals surface area contributed by atoms with Crippen LogP contribution in [0.5, 0.6) is 0 Å². The summed E-state index contributed by atoms with van der Waals surface area (Å²) in [6.07, 6.45) is 1.56. The van der Waals surface area contributed by atoms with Crippen molar-refractivity contribution in [2.45, 2.75) is 12.7 Å². The topological polar surface area (TPSA) is 59.0 Å². The van der Waals surface area contributed by atoms with Crippen LogP contribution in [-0.4, -0.2) is 29.0 Å². The van der Waals surface area contributed by atoms with Gasteiger partial charge in [0.15, 0.2) is 0 Å². The molecule has 1 atom stereocenters. The molecule has 0 saturated carbocycles. The molecule has 0 saturated heterocycles. The number of carbonyl (C=O) groups is 1. The van der Waals surface area contributed by atoms with Crippen molar-refractivity contribution in [3.05, 3.63) is 48.2 Å². The number of hydrogen-bond donors (Lipinski definition) is 1. The molecule has 90 valence electrons. The van der Waals surface area contributed by atoms with Gasteiger partial charge in [-0.3, -0.25) is 4.84 Å². The van der Waals surface area contributed by atoms with E-state index in [1.54, 1.807) is 6.08 Å². The molecule has 17 heavy (non-hydrogen) atoms. The van der Waals surface area contributed by atoms with Crippen molar-refractivity contribution in [1.29, 1.82) is 0 Å². The standard InChI is InChI=1S/C12H13NO4/c14-12(15)13-7-6-11(17-13)9-16-8-10-4-2-1-3-5-10/h1-7,11H,8-9H2,(H,14,15). The Morgan fingerprint density at radius 3 is 2.82 bits per heavy atom. The van der Waals surface area contributed by atoms with Gasteiger partial charge in [-0.25, -0.2) is 4.79 Å². The summed E-state index contributed by atoms with van der Waals surface area (Å²) in [6, 6.07) is 9.76. The molecule has 0 fully saturated rings. The first-order valence-corrected chi connectivity index (χ1v) is 5.24. The molecule has 5 nitrogen and oxygen atoms in total. The third-order valence-electron chi connectivity index (χ3n) is 2.27. The van der Waals surface area contributed by atoms with Gasteiger partial charge in [0.1, 0.15) is 6.10 Å². The van der Waals surface area contributed by atoms with E-state index in [0.29, 0.717) is 13.2 Å². The Labute approximate surface area is 98.8 Å². The van der Waals surface area contributed by atoms with Crippen LogP contribution in [0, 0.1) is 0 Å². The van der Waals surface area contributed by atoms with Crippen molar-refractivity contribution in [3.63, 3.8) is 0 Å². The number of amides is 1. The van der Waals surface area contributed by atoms with Gasteiger partial charge in [0.2, 0.25) is 0 Å². The molecule has 1 aliphatic heterocycles. The SMILES string of the molecule is O=C(O)N1C=CC(COCc2ccccc2)O1. The van der Waals surface area contributed by atoms with E-state index in [0.717, 1.165) is 10.6 Å². The Kier molecular flexibility index (Phi) is 3.74. The summed E-state index contributed by atoms with van der Waals surface area (Å²) < 4.78 is 5.44. The maximum absolute atomic E-state index is 10.6. The fourth-order valence-corrected chi connectivity index (χ4v) is 1.45. The van der Waals surface area contributed by atoms with Gasteiger partial charge in [0.25, 0.3) is 0 Å². The summed E-state index contributed by atoms with van der Waals surface area (Å²) >= 11 is 0. The van der Waals surface area contributed by atoms with Crippen molar-refractivity contribution in [1.82, 2.24) is 5.06 Å². The summed E-state index contributed by atoms with van der Waals surface area (Å²) in [4.78, 5) is 15.6. The second-order valence-corrected chi connectivity index (χ2v) is 3.59. The lowest BCUT2D eigenvalue weighted by molar-refractivity contribution is -0.125. The molecule has 1 unspecified atom stereocenters. The molecule has 0 spiro atoms. The zero-order chi connectivity index (χ0) is 12.1. The van der Waals surface area contributed by atoms with Gasteiger partial charge in [-0.05, 0) is 11.6 Å². The number of ether oxygens (including phenoxy) is 1. The molecule has 1 heterocycles. The molecule has 0 aromatic heterocycles. The highest BCUT2D eigenvalue weighted by molar-refractivity contribution is 5.65. The Hall–Kier alpha value is -1.85. The largest absolute Gasteiger partial charge is 0.463 e. The number of rotatable bonds is 4. The van der Waals surface area contributed by atoms with Crippen LogP contribution in [-0.2, 0) is 16.2 Å². The fraction of sp³-hybridized carbons (Fsp3) is 0.250. The zero-order valence-electron chi connectivity index (χ0n) is 9.15. The number of nitrogens with zero attached hydrogens (tertiary/aromatic N) is 1. The van der Waals surface area contributed by atoms with Crippen LogP contribution in [0.15, 0.2) is 42.6 Å². The van der Waals surface area contributed by atoms with Crippen molar-refractivity contribution in [3.8, 4) is 0 Å². The fourth-order valence-electron chi connectivity index (χ4n) is 1.45. The van der Waals surface area contributed by atoms with E-state index in [2.05, 4.69) is 0 Å². The molecule has 1 aromatic rings. The second kappa shape index (κ2) is 5.47. The van der Waals surface area contributed by atoms with Crippen LogP contribution >= 0.6 is 0 Å². The monoisotopic (exact) mass is 235 g/mol. The lowest BCUT2D eigenvalue weighted by Gasteiger charge is -2.13. The first-order valence-electron chi connectivity index (χ1n) is 5.24. The maximum Gasteiger partial charge on any atom is 0.435 e. The van der Waals surface area contributed by atoms with Gasteiger partial charge in [-0.15, -0.1) is 0 Å². The smallest absolute Gasteiger partial charge is 0.435 e. The number of hydrogen-bond acceptors (Lipinski definition) is 3. The van der Waals surface area contributed by atoms with Gasteiger partial charge < -0.3 is 9.84 Å². The van der Waals surface area contributed by atoms with E-state index < -0.39 is 6.09 Å². The lowest BCUT2D eigenvalue weighted by atomic mass is 10.2. The predicted molar refractivity (Wildman–Crippen MR) is 60.0 cm³/mol. The van der Waals surface area contributed by atoms with E-state index in [9.17, 15) is 4.79 Å². The normalized spacial score (nSPS) is 18.6. The molecule has 1 N–H and O–H groups in total. The summed E-state index contributed by atoms with van der Waals surface area (Å²) in [6.45, 7) is 0.816. The summed E-state index contributed by atoms with van der Waals surface area (Å²) in [7, 11) is 0. The lowest BCUT2D eigenvalue weighted by Crippen LogP contribution is -2.25. The van der Waals surface area contributed by atoms with E-state index in [1.165, 1.54) is 6.20 Å².